The van der Waals surface area contributed by atoms with Gasteiger partial charge in [-0.1, -0.05) is 35.9 Å². The Morgan fingerprint density at radius 1 is 1.09 bits per heavy atom. The van der Waals surface area contributed by atoms with Crippen molar-refractivity contribution in [2.24, 2.45) is 5.41 Å². The highest BCUT2D eigenvalue weighted by molar-refractivity contribution is 6.31. The van der Waals surface area contributed by atoms with Gasteiger partial charge in [-0.25, -0.2) is 0 Å². The Hall–Kier alpha value is -2.08. The summed E-state index contributed by atoms with van der Waals surface area (Å²) in [6.07, 6.45) is 6.51. The van der Waals surface area contributed by atoms with E-state index in [2.05, 4.69) is 41.5 Å². The van der Waals surface area contributed by atoms with Crippen LogP contribution >= 0.6 is 11.6 Å². The van der Waals surface area contributed by atoms with Crippen molar-refractivity contribution in [3.8, 4) is 16.9 Å². The second-order valence-electron chi connectivity index (χ2n) is 9.99. The van der Waals surface area contributed by atoms with Crippen LogP contribution in [0.1, 0.15) is 44.1 Å². The van der Waals surface area contributed by atoms with Crippen LogP contribution in [0.5, 0.6) is 5.75 Å². The molecule has 1 aliphatic carbocycles. The number of benzene rings is 2. The fraction of sp³-hybridized carbons (Fsp3) is 0.536. The third-order valence-electron chi connectivity index (χ3n) is 7.70. The maximum Gasteiger partial charge on any atom is 0.226 e. The molecule has 184 valence electrons. The zero-order chi connectivity index (χ0) is 24.1. The van der Waals surface area contributed by atoms with Gasteiger partial charge in [-0.3, -0.25) is 4.79 Å². The SMILES string of the molecule is COc1ccc(Cl)cc1-c1cccc(CC2(C(=O)NC3CCN(C)CC3)CCC(OC)CC2)c1. The van der Waals surface area contributed by atoms with Crippen LogP contribution in [-0.2, 0) is 16.0 Å². The topological polar surface area (TPSA) is 50.8 Å². The number of halogens is 1. The quantitative estimate of drug-likeness (QED) is 0.576. The number of amides is 1. The summed E-state index contributed by atoms with van der Waals surface area (Å²) in [6.45, 7) is 2.07. The smallest absolute Gasteiger partial charge is 0.226 e. The molecule has 0 atom stereocenters. The predicted octanol–water partition coefficient (Wildman–Crippen LogP) is 5.34. The molecule has 0 spiro atoms. The van der Waals surface area contributed by atoms with Crippen LogP contribution in [0.2, 0.25) is 5.02 Å². The maximum absolute atomic E-state index is 13.8. The number of hydrogen-bond acceptors (Lipinski definition) is 4. The summed E-state index contributed by atoms with van der Waals surface area (Å²) in [4.78, 5) is 16.1. The highest BCUT2D eigenvalue weighted by Gasteiger charge is 2.42. The molecule has 0 aromatic heterocycles. The first-order chi connectivity index (χ1) is 16.4. The Morgan fingerprint density at radius 2 is 1.82 bits per heavy atom. The summed E-state index contributed by atoms with van der Waals surface area (Å²) in [5.74, 6) is 0.999. The number of likely N-dealkylation sites (tertiary alicyclic amines) is 1. The first-order valence-corrected chi connectivity index (χ1v) is 12.8. The average Bonchev–Trinajstić information content (AvgIpc) is 2.86. The summed E-state index contributed by atoms with van der Waals surface area (Å²) >= 11 is 6.29. The van der Waals surface area contributed by atoms with Crippen molar-refractivity contribution in [3.05, 3.63) is 53.1 Å². The van der Waals surface area contributed by atoms with E-state index in [1.165, 1.54) is 0 Å². The lowest BCUT2D eigenvalue weighted by Gasteiger charge is -2.40. The molecule has 2 aromatic rings. The summed E-state index contributed by atoms with van der Waals surface area (Å²) in [5.41, 5.74) is 2.77. The van der Waals surface area contributed by atoms with Gasteiger partial charge in [0, 0.05) is 23.7 Å². The molecule has 0 unspecified atom stereocenters. The molecule has 2 aliphatic rings. The Balaban J connectivity index is 1.58. The van der Waals surface area contributed by atoms with Crippen molar-refractivity contribution in [2.45, 2.75) is 57.1 Å². The number of rotatable bonds is 7. The van der Waals surface area contributed by atoms with Crippen LogP contribution in [0.4, 0.5) is 0 Å². The summed E-state index contributed by atoms with van der Waals surface area (Å²) in [5, 5.41) is 4.11. The highest BCUT2D eigenvalue weighted by Crippen LogP contribution is 2.42. The Labute approximate surface area is 208 Å². The number of carbonyl (C=O) groups is 1. The van der Waals surface area contributed by atoms with Gasteiger partial charge in [0.25, 0.3) is 0 Å². The number of ether oxygens (including phenoxy) is 2. The molecular weight excluding hydrogens is 448 g/mol. The standard InChI is InChI=1S/C28H37ClN2O3/c1-31-15-11-23(12-16-31)30-27(32)28(13-9-24(33-2)10-14-28)19-20-5-4-6-21(17-20)25-18-22(29)7-8-26(25)34-3/h4-8,17-18,23-24H,9-16,19H2,1-3H3,(H,30,32). The first kappa shape index (κ1) is 25.0. The lowest BCUT2D eigenvalue weighted by atomic mass is 9.68. The van der Waals surface area contributed by atoms with Crippen LogP contribution in [0.25, 0.3) is 11.1 Å². The number of carbonyl (C=O) groups excluding carboxylic acids is 1. The number of nitrogens with zero attached hydrogens (tertiary/aromatic N) is 1. The molecule has 1 heterocycles. The van der Waals surface area contributed by atoms with Gasteiger partial charge in [0.05, 0.1) is 18.6 Å². The lowest BCUT2D eigenvalue weighted by Crippen LogP contribution is -2.51. The van der Waals surface area contributed by atoms with Crippen LogP contribution in [-0.4, -0.2) is 57.3 Å². The minimum atomic E-state index is -0.407. The Kier molecular flexibility index (Phi) is 8.18. The van der Waals surface area contributed by atoms with Gasteiger partial charge in [0.15, 0.2) is 0 Å². The van der Waals surface area contributed by atoms with Crippen LogP contribution in [0.15, 0.2) is 42.5 Å². The zero-order valence-corrected chi connectivity index (χ0v) is 21.4. The molecule has 4 rings (SSSR count). The van der Waals surface area contributed by atoms with Crippen LogP contribution < -0.4 is 10.1 Å². The van der Waals surface area contributed by atoms with E-state index in [4.69, 9.17) is 21.1 Å². The summed E-state index contributed by atoms with van der Waals surface area (Å²) < 4.78 is 11.2. The van der Waals surface area contributed by atoms with Gasteiger partial charge >= 0.3 is 0 Å². The highest BCUT2D eigenvalue weighted by atomic mass is 35.5. The zero-order valence-electron chi connectivity index (χ0n) is 20.6. The minimum absolute atomic E-state index is 0.211. The van der Waals surface area contributed by atoms with Gasteiger partial charge in [-0.05, 0) is 94.4 Å². The molecule has 1 saturated carbocycles. The molecule has 0 radical (unpaired) electrons. The molecule has 1 N–H and O–H groups in total. The molecule has 6 heteroatoms. The van der Waals surface area contributed by atoms with E-state index in [0.717, 1.165) is 80.5 Å². The van der Waals surface area contributed by atoms with Crippen molar-refractivity contribution in [3.63, 3.8) is 0 Å². The Bertz CT molecular complexity index is 979. The van der Waals surface area contributed by atoms with E-state index in [0.29, 0.717) is 5.02 Å². The predicted molar refractivity (Wildman–Crippen MR) is 138 cm³/mol. The van der Waals surface area contributed by atoms with Crippen molar-refractivity contribution < 1.29 is 14.3 Å². The average molecular weight is 485 g/mol. The fourth-order valence-electron chi connectivity index (χ4n) is 5.50. The number of piperidine rings is 1. The molecule has 5 nitrogen and oxygen atoms in total. The lowest BCUT2D eigenvalue weighted by molar-refractivity contribution is -0.135. The largest absolute Gasteiger partial charge is 0.496 e. The minimum Gasteiger partial charge on any atom is -0.496 e. The monoisotopic (exact) mass is 484 g/mol. The molecular formula is C28H37ClN2O3. The van der Waals surface area contributed by atoms with Crippen LogP contribution in [0, 0.1) is 5.41 Å². The van der Waals surface area contributed by atoms with E-state index < -0.39 is 5.41 Å². The van der Waals surface area contributed by atoms with Gasteiger partial charge in [0.2, 0.25) is 5.91 Å². The number of hydrogen-bond donors (Lipinski definition) is 1. The molecule has 0 bridgehead atoms. The van der Waals surface area contributed by atoms with Crippen molar-refractivity contribution >= 4 is 17.5 Å². The van der Waals surface area contributed by atoms with Crippen molar-refractivity contribution in [1.82, 2.24) is 10.2 Å². The second-order valence-corrected chi connectivity index (χ2v) is 10.4. The van der Waals surface area contributed by atoms with E-state index >= 15 is 0 Å². The molecule has 1 aliphatic heterocycles. The van der Waals surface area contributed by atoms with Crippen molar-refractivity contribution in [1.29, 1.82) is 0 Å². The summed E-state index contributed by atoms with van der Waals surface area (Å²) in [6, 6.07) is 14.4. The van der Waals surface area contributed by atoms with Gasteiger partial charge in [-0.15, -0.1) is 0 Å². The second kappa shape index (κ2) is 11.1. The maximum atomic E-state index is 13.8. The normalized spacial score (nSPS) is 24.1. The van der Waals surface area contributed by atoms with Crippen molar-refractivity contribution in [2.75, 3.05) is 34.4 Å². The third-order valence-corrected chi connectivity index (χ3v) is 7.94. The molecule has 2 aromatic carbocycles. The van der Waals surface area contributed by atoms with Gasteiger partial charge < -0.3 is 19.7 Å². The van der Waals surface area contributed by atoms with Gasteiger partial charge in [0.1, 0.15) is 5.75 Å². The fourth-order valence-corrected chi connectivity index (χ4v) is 5.67. The van der Waals surface area contributed by atoms with Gasteiger partial charge in [-0.2, -0.15) is 0 Å². The summed E-state index contributed by atoms with van der Waals surface area (Å²) in [7, 11) is 5.60. The molecule has 1 saturated heterocycles. The number of methoxy groups -OCH3 is 2. The van der Waals surface area contributed by atoms with E-state index in [1.54, 1.807) is 14.2 Å². The Morgan fingerprint density at radius 3 is 2.50 bits per heavy atom. The van der Waals surface area contributed by atoms with E-state index in [9.17, 15) is 4.79 Å². The van der Waals surface area contributed by atoms with E-state index in [1.807, 2.05) is 18.2 Å². The van der Waals surface area contributed by atoms with E-state index in [-0.39, 0.29) is 18.1 Å². The first-order valence-electron chi connectivity index (χ1n) is 12.4. The molecule has 1 amide bonds. The molecule has 2 fully saturated rings. The third kappa shape index (κ3) is 5.76. The molecule has 34 heavy (non-hydrogen) atoms. The van der Waals surface area contributed by atoms with Crippen LogP contribution in [0.3, 0.4) is 0 Å². The number of nitrogens with one attached hydrogen (secondary N) is 1.